The number of aryl methyl sites for hydroxylation is 1. The Morgan fingerprint density at radius 2 is 1.13 bits per heavy atom. The van der Waals surface area contributed by atoms with Crippen molar-refractivity contribution in [1.29, 1.82) is 5.26 Å². The van der Waals surface area contributed by atoms with Gasteiger partial charge in [0.25, 0.3) is 66.4 Å². The summed E-state index contributed by atoms with van der Waals surface area (Å²) in [5.74, 6) is -4.55. The zero-order chi connectivity index (χ0) is 95.3. The molecule has 0 fully saturated rings. The molecule has 50 nitrogen and oxygen atoms in total. The van der Waals surface area contributed by atoms with Crippen LogP contribution in [0.4, 0.5) is 86.1 Å². The van der Waals surface area contributed by atoms with Gasteiger partial charge in [-0.3, -0.25) is 46.6 Å². The highest BCUT2D eigenvalue weighted by molar-refractivity contribution is 7.99. The maximum Gasteiger partial charge on any atom is 0.425 e. The Morgan fingerprint density at radius 1 is 0.592 bits per heavy atom. The normalized spacial score (nSPS) is 12.0. The third-order valence-electron chi connectivity index (χ3n) is 17.0. The number of unbranched alkanes of at least 4 members (excludes halogenated alkanes) is 2. The van der Waals surface area contributed by atoms with E-state index in [9.17, 15) is 108 Å². The van der Waals surface area contributed by atoms with Gasteiger partial charge in [0.05, 0.1) is 81.2 Å². The molecule has 0 saturated carbocycles. The summed E-state index contributed by atoms with van der Waals surface area (Å²) < 4.78 is 272. The number of nitrogens with zero attached hydrogens (tertiary/aromatic N) is 15. The van der Waals surface area contributed by atoms with Gasteiger partial charge < -0.3 is 41.0 Å². The summed E-state index contributed by atoms with van der Waals surface area (Å²) in [5.41, 5.74) is -1.82. The first kappa shape index (κ1) is 105. The van der Waals surface area contributed by atoms with E-state index in [1.165, 1.54) is 73.0 Å². The molecule has 0 bridgehead atoms. The number of aliphatic hydroxyl groups excluding tert-OH is 1. The molecule has 3 aromatic heterocycles. The average Bonchev–Trinajstić information content (AvgIpc) is 1.52. The van der Waals surface area contributed by atoms with E-state index in [0.29, 0.717) is 48.2 Å². The van der Waals surface area contributed by atoms with Crippen LogP contribution in [-0.2, 0) is 86.7 Å². The van der Waals surface area contributed by atoms with Crippen LogP contribution in [0.2, 0.25) is 0 Å². The number of amides is 1. The Bertz CT molecular complexity index is 7160. The lowest BCUT2D eigenvalue weighted by Crippen LogP contribution is -2.12. The maximum absolute atomic E-state index is 13.8. The fourth-order valence-electron chi connectivity index (χ4n) is 11.4. The summed E-state index contributed by atoms with van der Waals surface area (Å²) in [6.07, 6.45) is 0.871. The first-order chi connectivity index (χ1) is 60.5. The molecule has 1 amide bonds. The molecule has 0 radical (unpaired) electrons. The van der Waals surface area contributed by atoms with Gasteiger partial charge in [0.2, 0.25) is 29.6 Å². The number of aromatic nitrogens is 5. The van der Waals surface area contributed by atoms with Gasteiger partial charge in [-0.15, -0.1) is 84.6 Å². The summed E-state index contributed by atoms with van der Waals surface area (Å²) >= 11 is 1.80. The molecule has 0 aliphatic heterocycles. The molecule has 696 valence electrons. The number of nitrogens with one attached hydrogen (secondary N) is 4. The predicted octanol–water partition coefficient (Wildman–Crippen LogP) is 12.8. The first-order valence-corrected chi connectivity index (χ1v) is 49.4. The smallest absolute Gasteiger partial charge is 0.425 e. The number of aliphatic hydroxyl groups is 1. The number of nitro benzene ring substituents is 1. The number of nitro groups is 1. The first-order valence-electron chi connectivity index (χ1n) is 36.3. The van der Waals surface area contributed by atoms with Gasteiger partial charge in [-0.25, -0.2) is 4.98 Å². The number of azo groups is 4. The third-order valence-corrected chi connectivity index (χ3v) is 24.2. The van der Waals surface area contributed by atoms with Crippen molar-refractivity contribution in [3.63, 3.8) is 0 Å². The molecule has 0 aliphatic carbocycles. The van der Waals surface area contributed by atoms with Crippen LogP contribution in [0.1, 0.15) is 76.0 Å². The number of carbonyl (C=O) groups excluding carboxylic acids is 1. The molecule has 130 heavy (non-hydrogen) atoms. The van der Waals surface area contributed by atoms with Crippen LogP contribution in [0.5, 0.6) is 17.4 Å². The highest BCUT2D eigenvalue weighted by Crippen LogP contribution is 2.47. The average molecular weight is 2000 g/mol. The van der Waals surface area contributed by atoms with E-state index < -0.39 is 167 Å². The van der Waals surface area contributed by atoms with Crippen LogP contribution >= 0.6 is 23.5 Å². The fourth-order valence-corrected chi connectivity index (χ4v) is 17.2. The fraction of sp³-hybridized carbons (Fsp3) is 0.286. The van der Waals surface area contributed by atoms with Crippen LogP contribution in [0, 0.1) is 35.3 Å². The van der Waals surface area contributed by atoms with Crippen molar-refractivity contribution < 1.29 is 132 Å². The summed E-state index contributed by atoms with van der Waals surface area (Å²) in [6.45, 7) is 3.78. The molecule has 10 aromatic rings. The highest BCUT2D eigenvalue weighted by atomic mass is 32.2. The number of rotatable bonds is 40. The number of nitriles is 1. The van der Waals surface area contributed by atoms with Gasteiger partial charge in [0, 0.05) is 58.0 Å². The van der Waals surface area contributed by atoms with Crippen LogP contribution in [0.3, 0.4) is 0 Å². The lowest BCUT2D eigenvalue weighted by Gasteiger charge is -2.16. The molecule has 0 unspecified atom stereocenters. The van der Waals surface area contributed by atoms with E-state index in [4.69, 9.17) is 34.7 Å². The monoisotopic (exact) mass is 2000 g/mol. The number of benzene rings is 7. The van der Waals surface area contributed by atoms with Gasteiger partial charge in [-0.2, -0.15) is 75.8 Å². The number of thioether (sulfide) groups is 2. The third kappa shape index (κ3) is 30.7. The van der Waals surface area contributed by atoms with Gasteiger partial charge in [-0.1, -0.05) is 39.3 Å². The van der Waals surface area contributed by atoms with Crippen molar-refractivity contribution >= 4 is 225 Å². The standard InChI is InChI=1S/C69H71N19O25S8.CH4.2O3S/c1-5-6-7-14-62(90)72-48-32-54(58(114-22-10-25-117(97,98)99)35-50(48)81-79-45-17-15-41(88(92)93)29-60(45)120(106,107)108)85-82-51-36-59(115-23-11-26-118(100,101)102)55(33-49(51)75-69-77-67(71-19-20-89)76-68(78-69)74-46-13-8-12-40-28-43(119(103,104)105)31-61(63(40)46)121(109,110)111)84-80-47-34-57(113-21-9-24-116(94,95)96)53(27-38(47)2)83-86-64-39(3)44(37-70)65-73-52-30-42(112-4)16-18-56(52)87(65)66(64)91;;2*1-4(2)3/h8,12-13,15-18,27-36,89,91H,5-7,9-11,14,19-26H2,1-4H3,(H,72,90)(H,94,95,96)(H,97,98,99)(H,100,101,102)(H,103,104,105)(H,106,107,108)(H,109,110,111)(H3,71,74,75,76,77,78);1H4;;. The van der Waals surface area contributed by atoms with E-state index in [1.807, 2.05) is 6.92 Å². The summed E-state index contributed by atoms with van der Waals surface area (Å²) in [7, 11) is -34.1. The lowest BCUT2D eigenvalue weighted by atomic mass is 10.1. The van der Waals surface area contributed by atoms with Gasteiger partial charge >= 0.3 is 21.2 Å². The molecule has 60 heteroatoms. The number of fused-ring (bicyclic) bond motifs is 4. The minimum Gasteiger partial charge on any atom is -0.497 e. The van der Waals surface area contributed by atoms with E-state index in [-0.39, 0.29) is 163 Å². The zero-order valence-corrected chi connectivity index (χ0v) is 74.8. The molecule has 7 aromatic carbocycles. The van der Waals surface area contributed by atoms with E-state index in [0.717, 1.165) is 41.7 Å². The van der Waals surface area contributed by atoms with E-state index >= 15 is 0 Å². The van der Waals surface area contributed by atoms with Gasteiger partial charge in [0.15, 0.2) is 11.3 Å². The summed E-state index contributed by atoms with van der Waals surface area (Å²) in [6, 6.07) is 22.3. The Morgan fingerprint density at radius 3 is 1.68 bits per heavy atom. The SMILES string of the molecule is C.CCCCCC(=O)Nc1cc(N=Nc2cc(SCCCS(=O)(=O)O)c(N=Nc3cc(OCCCS(=O)(=O)O)c(N=Nc4c(C)c(C#N)c5nc6cc(OC)ccc6n5c4O)cc3C)cc2Nc2nc(NCCO)nc(Nc3cccc4cc(S(=O)(=O)O)cc(S(=O)(=O)O)c34)n2)c(SCCCS(=O)(=O)O)cc1N=Nc1ccc([N+](=O)[O-])cc1S(=O)(=O)O.O=S(=O)=O.O=S(=O)=O. The van der Waals surface area contributed by atoms with E-state index in [2.05, 4.69) is 88.2 Å². The Labute approximate surface area is 750 Å². The van der Waals surface area contributed by atoms with Crippen LogP contribution in [0.25, 0.3) is 27.5 Å². The van der Waals surface area contributed by atoms with Crippen molar-refractivity contribution in [3.8, 4) is 23.4 Å². The number of carbonyl (C=O) groups is 1. The van der Waals surface area contributed by atoms with Crippen molar-refractivity contribution in [2.24, 2.45) is 40.9 Å². The minimum atomic E-state index is -5.33. The number of aromatic hydroxyl groups is 1. The minimum absolute atomic E-state index is 0. The Hall–Kier alpha value is -12.3. The maximum atomic E-state index is 13.8. The molecular weight excluding hydrogens is 1920 g/mol. The molecule has 10 rings (SSSR count). The molecule has 0 aliphatic rings. The molecule has 12 N–H and O–H groups in total. The molecule has 0 saturated heterocycles. The van der Waals surface area contributed by atoms with Gasteiger partial charge in [-0.05, 0) is 129 Å². The van der Waals surface area contributed by atoms with Crippen LogP contribution in [0.15, 0.2) is 169 Å². The summed E-state index contributed by atoms with van der Waals surface area (Å²) in [5, 5.41) is 90.4. The van der Waals surface area contributed by atoms with Crippen LogP contribution < -0.4 is 30.7 Å². The number of pyridine rings is 1. The van der Waals surface area contributed by atoms with Crippen molar-refractivity contribution in [3.05, 3.63) is 130 Å². The number of imidazole rings is 1. The number of anilines is 6. The Balaban J connectivity index is 0.00000246. The quantitative estimate of drug-likeness (QED) is 0.00424. The number of methoxy groups -OCH3 is 1. The molecule has 0 atom stereocenters. The van der Waals surface area contributed by atoms with Crippen LogP contribution in [-0.4, -0.2) is 204 Å². The second-order valence-electron chi connectivity index (χ2n) is 26.2. The lowest BCUT2D eigenvalue weighted by molar-refractivity contribution is -0.385. The number of hydrogen-bond acceptors (Lipinski definition) is 43. The molecule has 3 heterocycles. The van der Waals surface area contributed by atoms with Gasteiger partial charge in [0.1, 0.15) is 67.0 Å². The van der Waals surface area contributed by atoms with E-state index in [1.54, 1.807) is 25.1 Å². The topological polar surface area (TPSA) is 775 Å². The predicted molar refractivity (Wildman–Crippen MR) is 469 cm³/mol. The largest absolute Gasteiger partial charge is 0.497 e. The molecular formula is C70H75N19O31S10. The highest BCUT2D eigenvalue weighted by Gasteiger charge is 2.28. The zero-order valence-electron chi connectivity index (χ0n) is 66.7. The molecule has 0 spiro atoms. The number of hydrogen-bond donors (Lipinski definition) is 12. The second-order valence-corrected chi connectivity index (χ2v) is 38.2. The summed E-state index contributed by atoms with van der Waals surface area (Å²) in [4.78, 5) is 39.7. The second kappa shape index (κ2) is 45.8. The number of non-ortho nitro benzene ring substituents is 1. The van der Waals surface area contributed by atoms with Crippen molar-refractivity contribution in [1.82, 2.24) is 24.3 Å². The van der Waals surface area contributed by atoms with Crippen molar-refractivity contribution in [2.45, 2.75) is 97.6 Å². The number of ether oxygens (including phenoxy) is 2. The Kier molecular flexibility index (Phi) is 36.9. The van der Waals surface area contributed by atoms with Crippen molar-refractivity contribution in [2.75, 3.05) is 76.9 Å².